The van der Waals surface area contributed by atoms with Crippen LogP contribution in [-0.4, -0.2) is 22.4 Å². The quantitative estimate of drug-likeness (QED) is 0.361. The first-order valence-corrected chi connectivity index (χ1v) is 11.3. The van der Waals surface area contributed by atoms with Crippen molar-refractivity contribution in [3.8, 4) is 5.75 Å². The molecule has 2 aliphatic rings. The molecule has 1 unspecified atom stereocenters. The number of aromatic nitrogens is 2. The van der Waals surface area contributed by atoms with Gasteiger partial charge < -0.3 is 4.74 Å². The number of Topliss-reactive ketones (excluding diaryl/α,β-unsaturated/α-hetero) is 1. The van der Waals surface area contributed by atoms with Gasteiger partial charge in [0, 0.05) is 17.3 Å². The number of aryl methyl sites for hydroxylation is 2. The van der Waals surface area contributed by atoms with Crippen molar-refractivity contribution in [2.75, 3.05) is 7.11 Å². The number of ether oxygens (including phenoxy) is 1. The van der Waals surface area contributed by atoms with E-state index in [2.05, 4.69) is 11.1 Å². The van der Waals surface area contributed by atoms with Crippen LogP contribution in [0.2, 0.25) is 0 Å². The lowest BCUT2D eigenvalue weighted by atomic mass is 10.0. The first-order chi connectivity index (χ1) is 16.2. The first kappa shape index (κ1) is 26.3. The summed E-state index contributed by atoms with van der Waals surface area (Å²) in [5, 5.41) is 0. The number of nitrogens with zero attached hydrogens (tertiary/aromatic N) is 2. The van der Waals surface area contributed by atoms with Crippen LogP contribution in [0.4, 0.5) is 13.2 Å². The maximum atomic E-state index is 13.3. The Bertz CT molecular complexity index is 1290. The molecule has 5 rings (SSSR count). The number of halogens is 3. The Morgan fingerprint density at radius 1 is 1.11 bits per heavy atom. The highest BCUT2D eigenvalue weighted by atomic mass is 19.4. The van der Waals surface area contributed by atoms with Gasteiger partial charge in [0.2, 0.25) is 5.82 Å². The van der Waals surface area contributed by atoms with Crippen molar-refractivity contribution >= 4 is 22.5 Å². The monoisotopic (exact) mass is 484 g/mol. The highest BCUT2D eigenvalue weighted by molar-refractivity contribution is 5.94. The third-order valence-electron chi connectivity index (χ3n) is 6.17. The zero-order chi connectivity index (χ0) is 24.5. The number of alkyl halides is 3. The topological polar surface area (TPSA) is 44.1 Å². The van der Waals surface area contributed by atoms with Crippen LogP contribution in [0.1, 0.15) is 61.4 Å². The molecule has 0 fully saturated rings. The summed E-state index contributed by atoms with van der Waals surface area (Å²) in [6.07, 6.45) is 5.20. The maximum absolute atomic E-state index is 13.3. The van der Waals surface area contributed by atoms with Crippen molar-refractivity contribution in [1.29, 1.82) is 0 Å². The summed E-state index contributed by atoms with van der Waals surface area (Å²) in [5.74, 6) is 0.0616. The summed E-state index contributed by atoms with van der Waals surface area (Å²) < 4.78 is 46.2. The average molecular weight is 485 g/mol. The number of fused-ring (bicyclic) bond motifs is 2. The van der Waals surface area contributed by atoms with E-state index >= 15 is 0 Å². The Kier molecular flexibility index (Phi) is 7.88. The summed E-state index contributed by atoms with van der Waals surface area (Å²) in [4.78, 5) is 14.8. The highest BCUT2D eigenvalue weighted by Crippen LogP contribution is 2.36. The lowest BCUT2D eigenvalue weighted by molar-refractivity contribution is -0.145. The molecule has 7 heteroatoms. The molecule has 0 amide bonds. The molecule has 0 aliphatic heterocycles. The lowest BCUT2D eigenvalue weighted by Crippen LogP contribution is -2.15. The van der Waals surface area contributed by atoms with Crippen molar-refractivity contribution in [3.05, 3.63) is 77.1 Å². The zero-order valence-corrected chi connectivity index (χ0v) is 19.4. The van der Waals surface area contributed by atoms with Crippen molar-refractivity contribution in [2.45, 2.75) is 53.1 Å². The number of imidazole rings is 1. The largest absolute Gasteiger partial charge is 0.497 e. The predicted octanol–water partition coefficient (Wildman–Crippen LogP) is 7.51. The summed E-state index contributed by atoms with van der Waals surface area (Å²) in [6.45, 7) is 3.64. The summed E-state index contributed by atoms with van der Waals surface area (Å²) in [5.41, 5.74) is 4.84. The number of methoxy groups -OCH3 is 1. The normalized spacial score (nSPS) is 16.6. The van der Waals surface area contributed by atoms with Crippen molar-refractivity contribution in [3.63, 3.8) is 0 Å². The molecule has 1 aromatic heterocycles. The number of ketones is 1. The standard InChI is InChI=1S/C16H15F3N2O.C11H12O.CH4/c1-10-3-5-11(6-4-10)21-14-8-7-12(22-2)9-13(14)20-15(21)16(17,18)19;1-8(12)10-6-5-9-3-2-4-11(9)7-10;/h3,5-10H,4H2,1-2H3;5-7H,2-4H2,1H3;1H4. The van der Waals surface area contributed by atoms with Crippen LogP contribution in [0.25, 0.3) is 16.7 Å². The molecular formula is C28H31F3N2O2. The molecule has 2 aromatic carbocycles. The average Bonchev–Trinajstić information content (AvgIpc) is 3.43. The van der Waals surface area contributed by atoms with Gasteiger partial charge in [0.25, 0.3) is 0 Å². The fourth-order valence-corrected chi connectivity index (χ4v) is 4.31. The van der Waals surface area contributed by atoms with Crippen LogP contribution in [-0.2, 0) is 19.0 Å². The Hall–Kier alpha value is -3.35. The van der Waals surface area contributed by atoms with Crippen LogP contribution < -0.4 is 4.74 Å². The Labute approximate surface area is 204 Å². The van der Waals surface area contributed by atoms with Crippen molar-refractivity contribution in [1.82, 2.24) is 9.55 Å². The van der Waals surface area contributed by atoms with Gasteiger partial charge in [-0.25, -0.2) is 4.98 Å². The SMILES string of the molecule is C.CC(=O)c1ccc2c(c1)CCC2.COc1ccc2c(c1)nc(C(F)(F)F)n2C1=CCC(C)C=C1. The third kappa shape index (κ3) is 5.66. The molecule has 0 spiro atoms. The minimum Gasteiger partial charge on any atom is -0.497 e. The van der Waals surface area contributed by atoms with Gasteiger partial charge in [-0.05, 0) is 73.9 Å². The Morgan fingerprint density at radius 3 is 2.49 bits per heavy atom. The molecule has 0 N–H and O–H groups in total. The van der Waals surface area contributed by atoms with Gasteiger partial charge in [0.1, 0.15) is 5.75 Å². The van der Waals surface area contributed by atoms with Crippen LogP contribution >= 0.6 is 0 Å². The zero-order valence-electron chi connectivity index (χ0n) is 19.4. The van der Waals surface area contributed by atoms with E-state index < -0.39 is 12.0 Å². The maximum Gasteiger partial charge on any atom is 0.450 e. The van der Waals surface area contributed by atoms with Crippen LogP contribution in [0.5, 0.6) is 5.75 Å². The molecule has 1 atom stereocenters. The van der Waals surface area contributed by atoms with Gasteiger partial charge in [-0.2, -0.15) is 13.2 Å². The minimum absolute atomic E-state index is 0. The van der Waals surface area contributed by atoms with E-state index in [9.17, 15) is 18.0 Å². The van der Waals surface area contributed by atoms with E-state index in [0.29, 0.717) is 29.3 Å². The first-order valence-electron chi connectivity index (χ1n) is 11.3. The van der Waals surface area contributed by atoms with Gasteiger partial charge in [-0.15, -0.1) is 0 Å². The second-order valence-corrected chi connectivity index (χ2v) is 8.72. The molecule has 0 saturated carbocycles. The fraction of sp³-hybridized carbons (Fsp3) is 0.357. The van der Waals surface area contributed by atoms with Gasteiger partial charge in [-0.3, -0.25) is 9.36 Å². The second kappa shape index (κ2) is 10.5. The third-order valence-corrected chi connectivity index (χ3v) is 6.17. The van der Waals surface area contributed by atoms with Gasteiger partial charge in [0.05, 0.1) is 18.1 Å². The number of allylic oxidation sites excluding steroid dienone is 4. The molecule has 0 radical (unpaired) electrons. The molecule has 4 nitrogen and oxygen atoms in total. The second-order valence-electron chi connectivity index (χ2n) is 8.72. The molecule has 2 aliphatic carbocycles. The molecular weight excluding hydrogens is 453 g/mol. The highest BCUT2D eigenvalue weighted by Gasteiger charge is 2.38. The van der Waals surface area contributed by atoms with Crippen LogP contribution in [0.15, 0.2) is 54.6 Å². The molecule has 0 bridgehead atoms. The summed E-state index contributed by atoms with van der Waals surface area (Å²) >= 11 is 0. The van der Waals surface area contributed by atoms with Crippen LogP contribution in [0, 0.1) is 5.92 Å². The fourth-order valence-electron chi connectivity index (χ4n) is 4.31. The summed E-state index contributed by atoms with van der Waals surface area (Å²) in [6, 6.07) is 10.8. The van der Waals surface area contributed by atoms with E-state index in [-0.39, 0.29) is 18.7 Å². The van der Waals surface area contributed by atoms with Gasteiger partial charge >= 0.3 is 6.18 Å². The van der Waals surface area contributed by atoms with Crippen molar-refractivity contribution < 1.29 is 22.7 Å². The Morgan fingerprint density at radius 2 is 1.86 bits per heavy atom. The molecule has 35 heavy (non-hydrogen) atoms. The summed E-state index contributed by atoms with van der Waals surface area (Å²) in [7, 11) is 1.47. The van der Waals surface area contributed by atoms with Crippen LogP contribution in [0.3, 0.4) is 0 Å². The molecule has 186 valence electrons. The Balaban J connectivity index is 0.000000223. The predicted molar refractivity (Wildman–Crippen MR) is 134 cm³/mol. The molecule has 3 aromatic rings. The number of hydrogen-bond donors (Lipinski definition) is 0. The molecule has 0 saturated heterocycles. The molecule has 1 heterocycles. The number of carbonyl (C=O) groups is 1. The minimum atomic E-state index is -4.52. The van der Waals surface area contributed by atoms with E-state index in [1.807, 2.05) is 31.2 Å². The van der Waals surface area contributed by atoms with E-state index in [1.54, 1.807) is 25.1 Å². The van der Waals surface area contributed by atoms with E-state index in [0.717, 1.165) is 16.6 Å². The number of carbonyl (C=O) groups excluding carboxylic acids is 1. The number of hydrogen-bond acceptors (Lipinski definition) is 3. The smallest absolute Gasteiger partial charge is 0.450 e. The van der Waals surface area contributed by atoms with E-state index in [4.69, 9.17) is 4.74 Å². The van der Waals surface area contributed by atoms with Crippen molar-refractivity contribution in [2.24, 2.45) is 5.92 Å². The van der Waals surface area contributed by atoms with Gasteiger partial charge in [0.15, 0.2) is 5.78 Å². The van der Waals surface area contributed by atoms with Gasteiger partial charge in [-0.1, -0.05) is 38.6 Å². The van der Waals surface area contributed by atoms with E-state index in [1.165, 1.54) is 37.1 Å². The lowest BCUT2D eigenvalue weighted by Gasteiger charge is -2.16. The number of benzene rings is 2. The number of rotatable bonds is 3.